The van der Waals surface area contributed by atoms with E-state index in [1.165, 1.54) is 5.56 Å². The van der Waals surface area contributed by atoms with Gasteiger partial charge in [-0.1, -0.05) is 41.4 Å². The van der Waals surface area contributed by atoms with Crippen LogP contribution in [0, 0.1) is 0 Å². The summed E-state index contributed by atoms with van der Waals surface area (Å²) in [5.41, 5.74) is 2.92. The molecule has 1 aromatic heterocycles. The number of aliphatic hydroxyl groups excluding tert-OH is 1. The molecule has 7 heteroatoms. The normalized spacial score (nSPS) is 11.3. The Kier molecular flexibility index (Phi) is 5.94. The summed E-state index contributed by atoms with van der Waals surface area (Å²) in [6.07, 6.45) is 0. The Labute approximate surface area is 162 Å². The van der Waals surface area contributed by atoms with Gasteiger partial charge in [0.2, 0.25) is 0 Å². The zero-order valence-corrected chi connectivity index (χ0v) is 16.2. The molecule has 3 rings (SSSR count). The van der Waals surface area contributed by atoms with Crippen LogP contribution in [0.4, 0.5) is 0 Å². The van der Waals surface area contributed by atoms with Crippen molar-refractivity contribution in [3.63, 3.8) is 0 Å². The summed E-state index contributed by atoms with van der Waals surface area (Å²) in [6, 6.07) is 13.5. The molecule has 3 aromatic rings. The number of aromatic nitrogens is 3. The van der Waals surface area contributed by atoms with Crippen LogP contribution in [0.25, 0.3) is 22.8 Å². The maximum absolute atomic E-state index is 9.37. The van der Waals surface area contributed by atoms with Gasteiger partial charge in [-0.15, -0.1) is 0 Å². The summed E-state index contributed by atoms with van der Waals surface area (Å²) < 4.78 is 1.69. The molecule has 0 aliphatic rings. The van der Waals surface area contributed by atoms with Crippen LogP contribution >= 0.6 is 23.2 Å². The van der Waals surface area contributed by atoms with Crippen LogP contribution in [-0.2, 0) is 13.1 Å². The molecule has 0 fully saturated rings. The van der Waals surface area contributed by atoms with Gasteiger partial charge in [0.25, 0.3) is 0 Å². The topological polar surface area (TPSA) is 54.2 Å². The molecule has 26 heavy (non-hydrogen) atoms. The maximum atomic E-state index is 9.37. The van der Waals surface area contributed by atoms with Gasteiger partial charge in [0.05, 0.1) is 23.2 Å². The van der Waals surface area contributed by atoms with E-state index in [1.807, 2.05) is 32.3 Å². The monoisotopic (exact) mass is 390 g/mol. The summed E-state index contributed by atoms with van der Waals surface area (Å²) in [5.74, 6) is 1.26. The van der Waals surface area contributed by atoms with Gasteiger partial charge in [-0.3, -0.25) is 0 Å². The fourth-order valence-corrected chi connectivity index (χ4v) is 3.04. The van der Waals surface area contributed by atoms with Crippen molar-refractivity contribution in [2.75, 3.05) is 20.7 Å². The van der Waals surface area contributed by atoms with Crippen LogP contribution < -0.4 is 0 Å². The first-order valence-corrected chi connectivity index (χ1v) is 8.98. The van der Waals surface area contributed by atoms with Crippen molar-refractivity contribution in [1.29, 1.82) is 0 Å². The molecule has 1 heterocycles. The molecule has 0 saturated carbocycles. The van der Waals surface area contributed by atoms with E-state index >= 15 is 0 Å². The minimum Gasteiger partial charge on any atom is -0.394 e. The van der Waals surface area contributed by atoms with E-state index in [9.17, 15) is 5.11 Å². The lowest BCUT2D eigenvalue weighted by Gasteiger charge is -2.09. The highest BCUT2D eigenvalue weighted by atomic mass is 35.5. The smallest absolute Gasteiger partial charge is 0.181 e. The Morgan fingerprint density at radius 1 is 1.04 bits per heavy atom. The fourth-order valence-electron chi connectivity index (χ4n) is 2.74. The third-order valence-corrected chi connectivity index (χ3v) is 4.58. The highest BCUT2D eigenvalue weighted by molar-refractivity contribution is 6.42. The molecule has 0 saturated heterocycles. The van der Waals surface area contributed by atoms with Crippen LogP contribution in [0.5, 0.6) is 0 Å². The lowest BCUT2D eigenvalue weighted by atomic mass is 10.1. The van der Waals surface area contributed by atoms with Crippen LogP contribution in [0.2, 0.25) is 10.0 Å². The first-order valence-electron chi connectivity index (χ1n) is 8.23. The zero-order chi connectivity index (χ0) is 18.7. The van der Waals surface area contributed by atoms with Gasteiger partial charge in [0.1, 0.15) is 0 Å². The highest BCUT2D eigenvalue weighted by Crippen LogP contribution is 2.29. The van der Waals surface area contributed by atoms with E-state index in [1.54, 1.807) is 16.8 Å². The first-order chi connectivity index (χ1) is 12.5. The standard InChI is InChI=1S/C19H20Cl2N4O/c1-24(2)12-13-4-3-5-14(10-13)18-22-19(25(23-18)8-9-26)15-6-7-16(20)17(21)11-15/h3-7,10-11,26H,8-9,12H2,1-2H3. The fraction of sp³-hybridized carbons (Fsp3) is 0.263. The lowest BCUT2D eigenvalue weighted by Crippen LogP contribution is -2.10. The number of hydrogen-bond donors (Lipinski definition) is 1. The summed E-state index contributed by atoms with van der Waals surface area (Å²) >= 11 is 12.2. The van der Waals surface area contributed by atoms with E-state index in [2.05, 4.69) is 27.1 Å². The van der Waals surface area contributed by atoms with Gasteiger partial charge in [0.15, 0.2) is 11.6 Å². The average Bonchev–Trinajstić information content (AvgIpc) is 3.01. The molecule has 0 aliphatic carbocycles. The number of nitrogens with zero attached hydrogens (tertiary/aromatic N) is 4. The highest BCUT2D eigenvalue weighted by Gasteiger charge is 2.15. The van der Waals surface area contributed by atoms with E-state index in [-0.39, 0.29) is 6.61 Å². The van der Waals surface area contributed by atoms with Gasteiger partial charge in [-0.05, 0) is 43.9 Å². The molecule has 0 unspecified atom stereocenters. The molecule has 1 N–H and O–H groups in total. The molecule has 0 radical (unpaired) electrons. The van der Waals surface area contributed by atoms with E-state index < -0.39 is 0 Å². The summed E-state index contributed by atoms with van der Waals surface area (Å²) in [5, 5.41) is 14.9. The predicted octanol–water partition coefficient (Wildman–Crippen LogP) is 3.97. The SMILES string of the molecule is CN(C)Cc1cccc(-c2nc(-c3ccc(Cl)c(Cl)c3)n(CCO)n2)c1. The molecular weight excluding hydrogens is 371 g/mol. The Morgan fingerprint density at radius 2 is 1.85 bits per heavy atom. The molecule has 0 aliphatic heterocycles. The van der Waals surface area contributed by atoms with Gasteiger partial charge >= 0.3 is 0 Å². The van der Waals surface area contributed by atoms with E-state index in [4.69, 9.17) is 23.2 Å². The average molecular weight is 391 g/mol. The van der Waals surface area contributed by atoms with Crippen molar-refractivity contribution >= 4 is 23.2 Å². The van der Waals surface area contributed by atoms with Crippen molar-refractivity contribution in [2.24, 2.45) is 0 Å². The molecule has 5 nitrogen and oxygen atoms in total. The van der Waals surface area contributed by atoms with Crippen molar-refractivity contribution in [3.8, 4) is 22.8 Å². The molecular formula is C19H20Cl2N4O. The number of rotatable bonds is 6. The quantitative estimate of drug-likeness (QED) is 0.691. The van der Waals surface area contributed by atoms with Crippen LogP contribution in [0.3, 0.4) is 0 Å². The second-order valence-corrected chi connectivity index (χ2v) is 7.09. The van der Waals surface area contributed by atoms with Crippen molar-refractivity contribution in [1.82, 2.24) is 19.7 Å². The van der Waals surface area contributed by atoms with Crippen molar-refractivity contribution < 1.29 is 5.11 Å². The second-order valence-electron chi connectivity index (χ2n) is 6.27. The third kappa shape index (κ3) is 4.24. The Hall–Kier alpha value is -1.92. The van der Waals surface area contributed by atoms with Gasteiger partial charge < -0.3 is 10.0 Å². The minimum atomic E-state index is -0.0300. The molecule has 2 aromatic carbocycles. The minimum absolute atomic E-state index is 0.0300. The number of aliphatic hydroxyl groups is 1. The Bertz CT molecular complexity index is 908. The summed E-state index contributed by atoms with van der Waals surface area (Å²) in [4.78, 5) is 6.79. The predicted molar refractivity (Wildman–Crippen MR) is 105 cm³/mol. The molecule has 0 bridgehead atoms. The lowest BCUT2D eigenvalue weighted by molar-refractivity contribution is 0.270. The van der Waals surface area contributed by atoms with Gasteiger partial charge in [-0.25, -0.2) is 9.67 Å². The molecule has 136 valence electrons. The van der Waals surface area contributed by atoms with E-state index in [0.29, 0.717) is 28.2 Å². The van der Waals surface area contributed by atoms with Gasteiger partial charge in [-0.2, -0.15) is 5.10 Å². The summed E-state index contributed by atoms with van der Waals surface area (Å²) in [6.45, 7) is 1.16. The summed E-state index contributed by atoms with van der Waals surface area (Å²) in [7, 11) is 4.06. The van der Waals surface area contributed by atoms with Gasteiger partial charge in [0, 0.05) is 17.7 Å². The van der Waals surface area contributed by atoms with E-state index in [0.717, 1.165) is 17.7 Å². The zero-order valence-electron chi connectivity index (χ0n) is 14.7. The third-order valence-electron chi connectivity index (χ3n) is 3.85. The molecule has 0 amide bonds. The number of halogens is 2. The Morgan fingerprint density at radius 3 is 2.54 bits per heavy atom. The van der Waals surface area contributed by atoms with Crippen molar-refractivity contribution in [3.05, 3.63) is 58.1 Å². The number of benzene rings is 2. The molecule has 0 spiro atoms. The largest absolute Gasteiger partial charge is 0.394 e. The maximum Gasteiger partial charge on any atom is 0.181 e. The first kappa shape index (κ1) is 18.9. The van der Waals surface area contributed by atoms with Crippen LogP contribution in [0.1, 0.15) is 5.56 Å². The molecule has 0 atom stereocenters. The second kappa shape index (κ2) is 8.18. The van der Waals surface area contributed by atoms with Crippen LogP contribution in [0.15, 0.2) is 42.5 Å². The van der Waals surface area contributed by atoms with Crippen LogP contribution in [-0.4, -0.2) is 45.5 Å². The van der Waals surface area contributed by atoms with Crippen molar-refractivity contribution in [2.45, 2.75) is 13.1 Å². The Balaban J connectivity index is 2.03. The number of hydrogen-bond acceptors (Lipinski definition) is 4.